The second kappa shape index (κ2) is 16.0. The molecule has 0 aromatic heterocycles. The quantitative estimate of drug-likeness (QED) is 0.149. The molecule has 0 spiro atoms. The number of carboxylic acids is 1. The molecule has 12 heteroatoms. The molecule has 12 nitrogen and oxygen atoms in total. The Bertz CT molecular complexity index is 1190. The number of aromatic hydroxyl groups is 1. The maximum atomic E-state index is 13.5. The van der Waals surface area contributed by atoms with Gasteiger partial charge in [0.15, 0.2) is 0 Å². The summed E-state index contributed by atoms with van der Waals surface area (Å²) < 4.78 is 0. The minimum Gasteiger partial charge on any atom is -0.508 e. The SMILES string of the molecule is CCC(C)C(NC(=O)C(Cc1ccccc1)NC(=O)C(N)Cc1ccc(O)cc1)C(=O)NC(CCC(N)=O)C(=O)O. The van der Waals surface area contributed by atoms with Crippen molar-refractivity contribution in [1.29, 1.82) is 0 Å². The van der Waals surface area contributed by atoms with E-state index < -0.39 is 59.7 Å². The van der Waals surface area contributed by atoms with Gasteiger partial charge in [0.05, 0.1) is 6.04 Å². The average Bonchev–Trinajstić information content (AvgIpc) is 2.94. The van der Waals surface area contributed by atoms with Gasteiger partial charge in [-0.15, -0.1) is 0 Å². The number of aliphatic carboxylic acids is 1. The fraction of sp³-hybridized carbons (Fsp3) is 0.414. The number of nitrogens with one attached hydrogen (secondary N) is 3. The van der Waals surface area contributed by atoms with Crippen LogP contribution in [0.15, 0.2) is 54.6 Å². The van der Waals surface area contributed by atoms with Crippen LogP contribution in [-0.4, -0.2) is 64.0 Å². The van der Waals surface area contributed by atoms with E-state index in [0.29, 0.717) is 12.0 Å². The highest BCUT2D eigenvalue weighted by Crippen LogP contribution is 2.13. The monoisotopic (exact) mass is 569 g/mol. The minimum absolute atomic E-state index is 0.0776. The summed E-state index contributed by atoms with van der Waals surface area (Å²) >= 11 is 0. The van der Waals surface area contributed by atoms with Gasteiger partial charge in [0.2, 0.25) is 23.6 Å². The van der Waals surface area contributed by atoms with Crippen molar-refractivity contribution >= 4 is 29.6 Å². The van der Waals surface area contributed by atoms with E-state index in [1.807, 2.05) is 13.0 Å². The fourth-order valence-electron chi connectivity index (χ4n) is 4.08. The molecule has 5 unspecified atom stereocenters. The lowest BCUT2D eigenvalue weighted by molar-refractivity contribution is -0.143. The number of phenolic OH excluding ortho intramolecular Hbond substituents is 1. The molecule has 0 aliphatic heterocycles. The van der Waals surface area contributed by atoms with Crippen LogP contribution in [0.3, 0.4) is 0 Å². The molecular formula is C29H39N5O7. The Morgan fingerprint density at radius 2 is 1.39 bits per heavy atom. The lowest BCUT2D eigenvalue weighted by atomic mass is 9.96. The first-order valence-electron chi connectivity index (χ1n) is 13.4. The normalized spacial score (nSPS) is 14.5. The molecule has 0 saturated heterocycles. The lowest BCUT2D eigenvalue weighted by Gasteiger charge is -2.28. The van der Waals surface area contributed by atoms with Gasteiger partial charge in [-0.2, -0.15) is 0 Å². The molecule has 9 N–H and O–H groups in total. The van der Waals surface area contributed by atoms with E-state index in [4.69, 9.17) is 11.5 Å². The molecule has 222 valence electrons. The van der Waals surface area contributed by atoms with Gasteiger partial charge in [0, 0.05) is 12.8 Å². The van der Waals surface area contributed by atoms with Gasteiger partial charge >= 0.3 is 5.97 Å². The zero-order valence-electron chi connectivity index (χ0n) is 23.2. The number of benzene rings is 2. The number of phenols is 1. The van der Waals surface area contributed by atoms with E-state index in [2.05, 4.69) is 16.0 Å². The molecule has 2 aromatic carbocycles. The maximum absolute atomic E-state index is 13.5. The van der Waals surface area contributed by atoms with Gasteiger partial charge in [0.1, 0.15) is 23.9 Å². The summed E-state index contributed by atoms with van der Waals surface area (Å²) in [5.74, 6) is -4.34. The largest absolute Gasteiger partial charge is 0.508 e. The Kier molecular flexibility index (Phi) is 12.8. The van der Waals surface area contributed by atoms with Gasteiger partial charge in [-0.3, -0.25) is 19.2 Å². The molecule has 0 aliphatic rings. The number of carbonyl (C=O) groups is 5. The van der Waals surface area contributed by atoms with E-state index in [1.54, 1.807) is 43.3 Å². The summed E-state index contributed by atoms with van der Waals surface area (Å²) in [4.78, 5) is 62.5. The predicted molar refractivity (Wildman–Crippen MR) is 151 cm³/mol. The Labute approximate surface area is 238 Å². The van der Waals surface area contributed by atoms with Crippen LogP contribution in [0.5, 0.6) is 5.75 Å². The van der Waals surface area contributed by atoms with Crippen molar-refractivity contribution in [2.75, 3.05) is 0 Å². The first kappa shape index (κ1) is 32.8. The van der Waals surface area contributed by atoms with Crippen LogP contribution in [0.2, 0.25) is 0 Å². The Morgan fingerprint density at radius 3 is 1.95 bits per heavy atom. The van der Waals surface area contributed by atoms with Crippen LogP contribution >= 0.6 is 0 Å². The Morgan fingerprint density at radius 1 is 0.805 bits per heavy atom. The average molecular weight is 570 g/mol. The van der Waals surface area contributed by atoms with Crippen LogP contribution in [0.25, 0.3) is 0 Å². The molecule has 0 heterocycles. The topological polar surface area (TPSA) is 214 Å². The number of primary amides is 1. The molecule has 5 atom stereocenters. The summed E-state index contributed by atoms with van der Waals surface area (Å²) in [5.41, 5.74) is 12.7. The van der Waals surface area contributed by atoms with Crippen molar-refractivity contribution in [3.8, 4) is 5.75 Å². The van der Waals surface area contributed by atoms with Gasteiger partial charge in [0.25, 0.3) is 0 Å². The molecule has 41 heavy (non-hydrogen) atoms. The maximum Gasteiger partial charge on any atom is 0.326 e. The molecule has 0 radical (unpaired) electrons. The smallest absolute Gasteiger partial charge is 0.326 e. The summed E-state index contributed by atoms with van der Waals surface area (Å²) in [6, 6.07) is 10.6. The summed E-state index contributed by atoms with van der Waals surface area (Å²) in [6.45, 7) is 3.53. The zero-order valence-corrected chi connectivity index (χ0v) is 23.2. The van der Waals surface area contributed by atoms with Crippen LogP contribution in [0, 0.1) is 5.92 Å². The van der Waals surface area contributed by atoms with Crippen molar-refractivity contribution in [2.24, 2.45) is 17.4 Å². The highest BCUT2D eigenvalue weighted by atomic mass is 16.4. The van der Waals surface area contributed by atoms with Crippen LogP contribution < -0.4 is 27.4 Å². The molecule has 0 fully saturated rings. The van der Waals surface area contributed by atoms with E-state index in [-0.39, 0.29) is 31.4 Å². The van der Waals surface area contributed by atoms with Gasteiger partial charge in [-0.1, -0.05) is 62.7 Å². The molecule has 0 bridgehead atoms. The summed E-state index contributed by atoms with van der Waals surface area (Å²) in [6.07, 6.45) is 0.294. The Balaban J connectivity index is 2.22. The number of amides is 4. The third-order valence-electron chi connectivity index (χ3n) is 6.73. The summed E-state index contributed by atoms with van der Waals surface area (Å²) in [5, 5.41) is 26.7. The van der Waals surface area contributed by atoms with Gasteiger partial charge in [-0.25, -0.2) is 4.79 Å². The van der Waals surface area contributed by atoms with Crippen LogP contribution in [0.1, 0.15) is 44.2 Å². The number of hydrogen-bond acceptors (Lipinski definition) is 7. The fourth-order valence-corrected chi connectivity index (χ4v) is 4.08. The van der Waals surface area contributed by atoms with Crippen LogP contribution in [0.4, 0.5) is 0 Å². The highest BCUT2D eigenvalue weighted by Gasteiger charge is 2.33. The standard InChI is InChI=1S/C29H39N5O7/c1-3-17(2)25(28(39)32-22(29(40)41)13-14-24(31)36)34-27(38)23(16-18-7-5-4-6-8-18)33-26(37)21(30)15-19-9-11-20(35)12-10-19/h4-12,17,21-23,25,35H,3,13-16,30H2,1-2H3,(H2,31,36)(H,32,39)(H,33,37)(H,34,38)(H,40,41). The van der Waals surface area contributed by atoms with Crippen molar-refractivity contribution in [2.45, 2.75) is 70.1 Å². The van der Waals surface area contributed by atoms with Crippen LogP contribution in [-0.2, 0) is 36.8 Å². The second-order valence-corrected chi connectivity index (χ2v) is 10.0. The zero-order chi connectivity index (χ0) is 30.5. The van der Waals surface area contributed by atoms with Gasteiger partial charge < -0.3 is 37.6 Å². The van der Waals surface area contributed by atoms with Crippen molar-refractivity contribution in [3.63, 3.8) is 0 Å². The van der Waals surface area contributed by atoms with E-state index in [9.17, 15) is 34.2 Å². The molecular weight excluding hydrogens is 530 g/mol. The third-order valence-corrected chi connectivity index (χ3v) is 6.73. The first-order chi connectivity index (χ1) is 19.4. The van der Waals surface area contributed by atoms with Crippen molar-refractivity contribution < 1.29 is 34.2 Å². The number of hydrogen-bond donors (Lipinski definition) is 7. The predicted octanol–water partition coefficient (Wildman–Crippen LogP) is 0.355. The van der Waals surface area contributed by atoms with E-state index in [1.165, 1.54) is 12.1 Å². The molecule has 0 aliphatic carbocycles. The number of nitrogens with two attached hydrogens (primary N) is 2. The number of carboxylic acid groups (broad SMARTS) is 1. The number of rotatable bonds is 16. The molecule has 2 aromatic rings. The van der Waals surface area contributed by atoms with E-state index in [0.717, 1.165) is 5.56 Å². The third kappa shape index (κ3) is 10.9. The Hall–Kier alpha value is -4.45. The van der Waals surface area contributed by atoms with E-state index >= 15 is 0 Å². The molecule has 4 amide bonds. The molecule has 0 saturated carbocycles. The minimum atomic E-state index is -1.38. The van der Waals surface area contributed by atoms with Gasteiger partial charge in [-0.05, 0) is 42.0 Å². The van der Waals surface area contributed by atoms with Crippen molar-refractivity contribution in [1.82, 2.24) is 16.0 Å². The summed E-state index contributed by atoms with van der Waals surface area (Å²) in [7, 11) is 0. The highest BCUT2D eigenvalue weighted by molar-refractivity contribution is 5.94. The number of carbonyl (C=O) groups excluding carboxylic acids is 4. The molecule has 2 rings (SSSR count). The van der Waals surface area contributed by atoms with Crippen molar-refractivity contribution in [3.05, 3.63) is 65.7 Å². The second-order valence-electron chi connectivity index (χ2n) is 10.0. The first-order valence-corrected chi connectivity index (χ1v) is 13.4. The lowest BCUT2D eigenvalue weighted by Crippen LogP contribution is -2.59.